The Balaban J connectivity index is 1.79. The Morgan fingerprint density at radius 1 is 1.24 bits per heavy atom. The minimum Gasteiger partial charge on any atom is -0.335 e. The van der Waals surface area contributed by atoms with Gasteiger partial charge in [-0.25, -0.2) is 0 Å². The van der Waals surface area contributed by atoms with Gasteiger partial charge in [0, 0.05) is 35.6 Å². The normalized spacial score (nSPS) is 17.8. The van der Waals surface area contributed by atoms with Crippen LogP contribution in [-0.2, 0) is 0 Å². The molecule has 0 aromatic carbocycles. The zero-order chi connectivity index (χ0) is 11.8. The fraction of sp³-hybridized carbons (Fsp3) is 0.417. The second-order valence-corrected chi connectivity index (χ2v) is 6.39. The topological polar surface area (TPSA) is 23.6 Å². The molecule has 1 aliphatic rings. The number of likely N-dealkylation sites (N-methyl/N-ethyl adjacent to an activating group) is 1. The summed E-state index contributed by atoms with van der Waals surface area (Å²) in [5.41, 5.74) is 0. The molecule has 2 aromatic rings. The number of amides is 1. The van der Waals surface area contributed by atoms with Gasteiger partial charge in [-0.15, -0.1) is 22.7 Å². The summed E-state index contributed by atoms with van der Waals surface area (Å²) in [7, 11) is 2.10. The summed E-state index contributed by atoms with van der Waals surface area (Å²) in [6.07, 6.45) is 0. The monoisotopic (exact) mass is 266 g/mol. The quantitative estimate of drug-likeness (QED) is 0.791. The van der Waals surface area contributed by atoms with Gasteiger partial charge in [0.25, 0.3) is 5.91 Å². The van der Waals surface area contributed by atoms with Crippen molar-refractivity contribution >= 4 is 38.0 Å². The Labute approximate surface area is 108 Å². The number of nitrogens with zero attached hydrogens (tertiary/aromatic N) is 2. The Morgan fingerprint density at radius 3 is 2.71 bits per heavy atom. The Bertz CT molecular complexity index is 509. The number of fused-ring (bicyclic) bond motifs is 1. The lowest BCUT2D eigenvalue weighted by Crippen LogP contribution is -2.46. The first-order valence-electron chi connectivity index (χ1n) is 5.69. The first-order chi connectivity index (χ1) is 8.24. The minimum atomic E-state index is 0.200. The molecule has 0 aliphatic carbocycles. The first-order valence-corrected chi connectivity index (χ1v) is 7.38. The molecule has 1 amide bonds. The zero-order valence-electron chi connectivity index (χ0n) is 9.68. The molecule has 0 radical (unpaired) electrons. The first kappa shape index (κ1) is 11.2. The second-order valence-electron chi connectivity index (χ2n) is 4.36. The number of carbonyl (C=O) groups excluding carboxylic acids is 1. The van der Waals surface area contributed by atoms with E-state index in [0.29, 0.717) is 0 Å². The molecule has 0 spiro atoms. The number of rotatable bonds is 1. The van der Waals surface area contributed by atoms with Crippen LogP contribution < -0.4 is 0 Å². The maximum atomic E-state index is 12.3. The van der Waals surface area contributed by atoms with Gasteiger partial charge in [-0.1, -0.05) is 0 Å². The Kier molecular flexibility index (Phi) is 2.90. The highest BCUT2D eigenvalue weighted by Crippen LogP contribution is 2.30. The molecule has 0 saturated carbocycles. The fourth-order valence-corrected chi connectivity index (χ4v) is 4.11. The van der Waals surface area contributed by atoms with Gasteiger partial charge < -0.3 is 9.80 Å². The molecule has 0 unspecified atom stereocenters. The number of thiophene rings is 2. The molecule has 1 aliphatic heterocycles. The van der Waals surface area contributed by atoms with Crippen LogP contribution in [0.25, 0.3) is 9.40 Å². The molecular formula is C12H14N2OS2. The average molecular weight is 266 g/mol. The largest absolute Gasteiger partial charge is 0.335 e. The molecule has 3 heterocycles. The number of piperazine rings is 1. The predicted octanol–water partition coefficient (Wildman–Crippen LogP) is 2.35. The van der Waals surface area contributed by atoms with E-state index < -0.39 is 0 Å². The second kappa shape index (κ2) is 4.40. The highest BCUT2D eigenvalue weighted by Gasteiger charge is 2.21. The van der Waals surface area contributed by atoms with Gasteiger partial charge in [-0.2, -0.15) is 0 Å². The van der Waals surface area contributed by atoms with Crippen molar-refractivity contribution in [3.63, 3.8) is 0 Å². The van der Waals surface area contributed by atoms with E-state index in [9.17, 15) is 4.79 Å². The highest BCUT2D eigenvalue weighted by atomic mass is 32.1. The van der Waals surface area contributed by atoms with Crippen molar-refractivity contribution in [3.05, 3.63) is 22.4 Å². The van der Waals surface area contributed by atoms with Crippen LogP contribution in [0.5, 0.6) is 0 Å². The van der Waals surface area contributed by atoms with Crippen molar-refractivity contribution in [2.24, 2.45) is 0 Å². The van der Waals surface area contributed by atoms with Gasteiger partial charge >= 0.3 is 0 Å². The van der Waals surface area contributed by atoms with Gasteiger partial charge in [0.05, 0.1) is 4.88 Å². The molecule has 90 valence electrons. The number of hydrogen-bond acceptors (Lipinski definition) is 4. The van der Waals surface area contributed by atoms with Crippen LogP contribution in [0, 0.1) is 0 Å². The van der Waals surface area contributed by atoms with Crippen LogP contribution in [-0.4, -0.2) is 48.9 Å². The standard InChI is InChI=1S/C12H14N2OS2/c1-13-3-5-14(6-4-13)12(15)11-8-10-9(17-11)2-7-16-10/h2,7-8H,3-6H2,1H3. The molecule has 0 bridgehead atoms. The third kappa shape index (κ3) is 2.10. The maximum Gasteiger partial charge on any atom is 0.264 e. The van der Waals surface area contributed by atoms with Crippen molar-refractivity contribution in [1.29, 1.82) is 0 Å². The van der Waals surface area contributed by atoms with E-state index in [1.54, 1.807) is 22.7 Å². The molecule has 1 saturated heterocycles. The van der Waals surface area contributed by atoms with Gasteiger partial charge in [-0.05, 0) is 24.6 Å². The van der Waals surface area contributed by atoms with E-state index in [2.05, 4.69) is 23.4 Å². The molecule has 5 heteroatoms. The molecule has 3 nitrogen and oxygen atoms in total. The van der Waals surface area contributed by atoms with Crippen LogP contribution in [0.1, 0.15) is 9.67 Å². The van der Waals surface area contributed by atoms with Crippen LogP contribution in [0.4, 0.5) is 0 Å². The SMILES string of the molecule is CN1CCN(C(=O)c2cc3sccc3s2)CC1. The lowest BCUT2D eigenvalue weighted by atomic mass is 10.3. The molecule has 0 atom stereocenters. The summed E-state index contributed by atoms with van der Waals surface area (Å²) in [5, 5.41) is 2.07. The summed E-state index contributed by atoms with van der Waals surface area (Å²) < 4.78 is 2.46. The number of carbonyl (C=O) groups is 1. The summed E-state index contributed by atoms with van der Waals surface area (Å²) in [6, 6.07) is 4.12. The smallest absolute Gasteiger partial charge is 0.264 e. The van der Waals surface area contributed by atoms with Crippen LogP contribution >= 0.6 is 22.7 Å². The van der Waals surface area contributed by atoms with Crippen molar-refractivity contribution in [2.45, 2.75) is 0 Å². The lowest BCUT2D eigenvalue weighted by molar-refractivity contribution is 0.0669. The zero-order valence-corrected chi connectivity index (χ0v) is 11.3. The summed E-state index contributed by atoms with van der Waals surface area (Å²) >= 11 is 3.32. The highest BCUT2D eigenvalue weighted by molar-refractivity contribution is 7.27. The molecule has 2 aromatic heterocycles. The molecule has 17 heavy (non-hydrogen) atoms. The van der Waals surface area contributed by atoms with Gasteiger partial charge in [-0.3, -0.25) is 4.79 Å². The Hall–Kier alpha value is -0.910. The molecular weight excluding hydrogens is 252 g/mol. The van der Waals surface area contributed by atoms with E-state index in [4.69, 9.17) is 0 Å². The van der Waals surface area contributed by atoms with E-state index in [0.717, 1.165) is 31.1 Å². The van der Waals surface area contributed by atoms with Gasteiger partial charge in [0.2, 0.25) is 0 Å². The fourth-order valence-electron chi connectivity index (χ4n) is 2.04. The Morgan fingerprint density at radius 2 is 2.00 bits per heavy atom. The average Bonchev–Trinajstić information content (AvgIpc) is 2.89. The lowest BCUT2D eigenvalue weighted by Gasteiger charge is -2.32. The van der Waals surface area contributed by atoms with Crippen LogP contribution in [0.2, 0.25) is 0 Å². The maximum absolute atomic E-state index is 12.3. The minimum absolute atomic E-state index is 0.200. The van der Waals surface area contributed by atoms with E-state index in [1.165, 1.54) is 9.40 Å². The van der Waals surface area contributed by atoms with E-state index >= 15 is 0 Å². The predicted molar refractivity (Wildman–Crippen MR) is 73.1 cm³/mol. The van der Waals surface area contributed by atoms with Crippen molar-refractivity contribution < 1.29 is 4.79 Å². The molecule has 1 fully saturated rings. The number of hydrogen-bond donors (Lipinski definition) is 0. The molecule has 0 N–H and O–H groups in total. The summed E-state index contributed by atoms with van der Waals surface area (Å²) in [4.78, 5) is 17.4. The van der Waals surface area contributed by atoms with Gasteiger partial charge in [0.15, 0.2) is 0 Å². The summed E-state index contributed by atoms with van der Waals surface area (Å²) in [5.74, 6) is 0.200. The summed E-state index contributed by atoms with van der Waals surface area (Å²) in [6.45, 7) is 3.65. The van der Waals surface area contributed by atoms with E-state index in [-0.39, 0.29) is 5.91 Å². The van der Waals surface area contributed by atoms with Crippen LogP contribution in [0.15, 0.2) is 17.5 Å². The third-order valence-corrected chi connectivity index (χ3v) is 5.22. The third-order valence-electron chi connectivity index (χ3n) is 3.14. The van der Waals surface area contributed by atoms with Gasteiger partial charge in [0.1, 0.15) is 0 Å². The molecule has 3 rings (SSSR count). The van der Waals surface area contributed by atoms with Crippen LogP contribution in [0.3, 0.4) is 0 Å². The van der Waals surface area contributed by atoms with Crippen molar-refractivity contribution in [3.8, 4) is 0 Å². The van der Waals surface area contributed by atoms with Crippen molar-refractivity contribution in [1.82, 2.24) is 9.80 Å². The van der Waals surface area contributed by atoms with Crippen molar-refractivity contribution in [2.75, 3.05) is 33.2 Å². The van der Waals surface area contributed by atoms with E-state index in [1.807, 2.05) is 11.0 Å².